The minimum absolute atomic E-state index is 0.432. The maximum absolute atomic E-state index is 12.7. The second-order valence-electron chi connectivity index (χ2n) is 2.38. The van der Waals surface area contributed by atoms with E-state index < -0.39 is 35.4 Å². The van der Waals surface area contributed by atoms with E-state index in [0.717, 1.165) is 6.07 Å². The van der Waals surface area contributed by atoms with E-state index in [1.807, 2.05) is 0 Å². The molecule has 0 N–H and O–H groups in total. The van der Waals surface area contributed by atoms with E-state index in [1.165, 1.54) is 0 Å². The van der Waals surface area contributed by atoms with Crippen molar-refractivity contribution in [2.24, 2.45) is 0 Å². The van der Waals surface area contributed by atoms with Crippen LogP contribution in [0.5, 0.6) is 0 Å². The number of benzene rings is 1. The van der Waals surface area contributed by atoms with Gasteiger partial charge in [-0.05, 0) is 11.6 Å². The minimum atomic E-state index is -1.67. The Morgan fingerprint density at radius 1 is 1.23 bits per heavy atom. The smallest absolute Gasteiger partial charge is 0.194 e. The first-order chi connectivity index (χ1) is 6.02. The summed E-state index contributed by atoms with van der Waals surface area (Å²) in [5.41, 5.74) is -0.432. The van der Waals surface area contributed by atoms with Crippen molar-refractivity contribution in [2.75, 3.05) is 0 Å². The predicted molar refractivity (Wildman–Crippen MR) is 35.0 cm³/mol. The first kappa shape index (κ1) is 9.57. The molecule has 0 fully saturated rings. The molecule has 0 aliphatic heterocycles. The van der Waals surface area contributed by atoms with E-state index >= 15 is 0 Å². The van der Waals surface area contributed by atoms with Gasteiger partial charge in [0.1, 0.15) is 0 Å². The molecule has 0 amide bonds. The predicted octanol–water partition coefficient (Wildman–Crippen LogP) is 0.396. The van der Waals surface area contributed by atoms with Crippen molar-refractivity contribution < 1.29 is 23.1 Å². The lowest BCUT2D eigenvalue weighted by molar-refractivity contribution is -0.304. The van der Waals surface area contributed by atoms with Crippen LogP contribution >= 0.6 is 0 Å². The Morgan fingerprint density at radius 2 is 1.85 bits per heavy atom. The minimum Gasteiger partial charge on any atom is -0.550 e. The zero-order valence-corrected chi connectivity index (χ0v) is 6.31. The average molecular weight is 189 g/mol. The summed E-state index contributed by atoms with van der Waals surface area (Å²) in [6, 6.07) is 1.53. The van der Waals surface area contributed by atoms with E-state index in [2.05, 4.69) is 0 Å². The number of carboxylic acid groups (broad SMARTS) is 1. The van der Waals surface area contributed by atoms with Crippen LogP contribution < -0.4 is 5.11 Å². The van der Waals surface area contributed by atoms with Crippen LogP contribution in [0.25, 0.3) is 0 Å². The van der Waals surface area contributed by atoms with Gasteiger partial charge in [0.15, 0.2) is 17.5 Å². The SMILES string of the molecule is O=C([O-])Cc1ccc(F)c(F)c1F. The van der Waals surface area contributed by atoms with E-state index in [4.69, 9.17) is 0 Å². The number of halogens is 3. The van der Waals surface area contributed by atoms with Crippen molar-refractivity contribution in [1.29, 1.82) is 0 Å². The molecule has 0 unspecified atom stereocenters. The third kappa shape index (κ3) is 1.99. The van der Waals surface area contributed by atoms with Crippen LogP contribution in [-0.2, 0) is 11.2 Å². The van der Waals surface area contributed by atoms with E-state index in [-0.39, 0.29) is 0 Å². The molecule has 1 aromatic carbocycles. The Kier molecular flexibility index (Phi) is 2.55. The fraction of sp³-hybridized carbons (Fsp3) is 0.125. The highest BCUT2D eigenvalue weighted by molar-refractivity contribution is 5.67. The highest BCUT2D eigenvalue weighted by atomic mass is 19.2. The zero-order chi connectivity index (χ0) is 10.0. The molecule has 0 saturated heterocycles. The monoisotopic (exact) mass is 189 g/mol. The molecule has 0 radical (unpaired) electrons. The van der Waals surface area contributed by atoms with Gasteiger partial charge in [-0.15, -0.1) is 0 Å². The molecule has 0 spiro atoms. The van der Waals surface area contributed by atoms with Gasteiger partial charge in [0, 0.05) is 12.4 Å². The quantitative estimate of drug-likeness (QED) is 0.631. The maximum Gasteiger partial charge on any atom is 0.194 e. The van der Waals surface area contributed by atoms with Crippen LogP contribution in [-0.4, -0.2) is 5.97 Å². The third-order valence-corrected chi connectivity index (χ3v) is 1.45. The summed E-state index contributed by atoms with van der Waals surface area (Å²) in [6.07, 6.45) is -0.775. The molecule has 0 saturated carbocycles. The molecule has 0 aromatic heterocycles. The van der Waals surface area contributed by atoms with Crippen molar-refractivity contribution >= 4 is 5.97 Å². The Bertz CT molecular complexity index is 349. The number of carbonyl (C=O) groups is 1. The van der Waals surface area contributed by atoms with Crippen LogP contribution in [0.2, 0.25) is 0 Å². The van der Waals surface area contributed by atoms with Crippen molar-refractivity contribution in [3.05, 3.63) is 35.1 Å². The van der Waals surface area contributed by atoms with E-state index in [0.29, 0.717) is 6.07 Å². The maximum atomic E-state index is 12.7. The summed E-state index contributed by atoms with van der Waals surface area (Å²) in [5.74, 6) is -6.05. The first-order valence-electron chi connectivity index (χ1n) is 3.34. The molecular weight excluding hydrogens is 185 g/mol. The molecule has 0 bridgehead atoms. The lowest BCUT2D eigenvalue weighted by Crippen LogP contribution is -2.25. The molecule has 0 aliphatic rings. The Morgan fingerprint density at radius 3 is 2.38 bits per heavy atom. The van der Waals surface area contributed by atoms with Gasteiger partial charge in [0.25, 0.3) is 0 Å². The van der Waals surface area contributed by atoms with Crippen molar-refractivity contribution in [3.8, 4) is 0 Å². The van der Waals surface area contributed by atoms with E-state index in [9.17, 15) is 23.1 Å². The molecule has 70 valence electrons. The topological polar surface area (TPSA) is 40.1 Å². The van der Waals surface area contributed by atoms with Crippen LogP contribution in [0.3, 0.4) is 0 Å². The number of aliphatic carboxylic acids is 1. The van der Waals surface area contributed by atoms with Gasteiger partial charge in [-0.3, -0.25) is 0 Å². The van der Waals surface area contributed by atoms with Gasteiger partial charge in [0.2, 0.25) is 0 Å². The lowest BCUT2D eigenvalue weighted by Gasteiger charge is -2.04. The fourth-order valence-corrected chi connectivity index (χ4v) is 0.858. The summed E-state index contributed by atoms with van der Waals surface area (Å²) >= 11 is 0. The van der Waals surface area contributed by atoms with Gasteiger partial charge >= 0.3 is 0 Å². The Hall–Kier alpha value is -1.52. The Labute approximate surface area is 71.6 Å². The number of carbonyl (C=O) groups excluding carboxylic acids is 1. The second-order valence-corrected chi connectivity index (χ2v) is 2.38. The standard InChI is InChI=1S/C8H5F3O2/c9-5-2-1-4(3-6(12)13)7(10)8(5)11/h1-2H,3H2,(H,12,13)/p-1. The summed E-state index contributed by atoms with van der Waals surface area (Å²) in [5, 5.41) is 10.0. The van der Waals surface area contributed by atoms with Gasteiger partial charge in [-0.1, -0.05) is 6.07 Å². The summed E-state index contributed by atoms with van der Waals surface area (Å²) < 4.78 is 37.5. The molecule has 1 rings (SSSR count). The molecule has 0 aliphatic carbocycles. The molecule has 1 aromatic rings. The normalized spacial score (nSPS) is 10.1. The highest BCUT2D eigenvalue weighted by Gasteiger charge is 2.12. The van der Waals surface area contributed by atoms with Crippen LogP contribution in [0.4, 0.5) is 13.2 Å². The van der Waals surface area contributed by atoms with Gasteiger partial charge < -0.3 is 9.90 Å². The number of carboxylic acids is 1. The number of hydrogen-bond donors (Lipinski definition) is 0. The molecule has 13 heavy (non-hydrogen) atoms. The molecule has 5 heteroatoms. The molecular formula is C8H4F3O2-. The van der Waals surface area contributed by atoms with Crippen molar-refractivity contribution in [3.63, 3.8) is 0 Å². The third-order valence-electron chi connectivity index (χ3n) is 1.45. The van der Waals surface area contributed by atoms with Crippen LogP contribution in [0.1, 0.15) is 5.56 Å². The highest BCUT2D eigenvalue weighted by Crippen LogP contribution is 2.15. The average Bonchev–Trinajstić information content (AvgIpc) is 2.06. The summed E-state index contributed by atoms with van der Waals surface area (Å²) in [6.45, 7) is 0. The van der Waals surface area contributed by atoms with Gasteiger partial charge in [-0.25, -0.2) is 13.2 Å². The lowest BCUT2D eigenvalue weighted by atomic mass is 10.1. The number of hydrogen-bond acceptors (Lipinski definition) is 2. The van der Waals surface area contributed by atoms with Crippen molar-refractivity contribution in [2.45, 2.75) is 6.42 Å². The molecule has 0 atom stereocenters. The second kappa shape index (κ2) is 3.47. The summed E-state index contributed by atoms with van der Waals surface area (Å²) in [7, 11) is 0. The fourth-order valence-electron chi connectivity index (χ4n) is 0.858. The molecule has 0 heterocycles. The molecule has 2 nitrogen and oxygen atoms in total. The van der Waals surface area contributed by atoms with Crippen LogP contribution in [0, 0.1) is 17.5 Å². The largest absolute Gasteiger partial charge is 0.550 e. The zero-order valence-electron chi connectivity index (χ0n) is 6.31. The number of rotatable bonds is 2. The first-order valence-corrected chi connectivity index (χ1v) is 3.34. The van der Waals surface area contributed by atoms with Crippen molar-refractivity contribution in [1.82, 2.24) is 0 Å². The van der Waals surface area contributed by atoms with Gasteiger partial charge in [0.05, 0.1) is 0 Å². The Balaban J connectivity index is 3.10. The van der Waals surface area contributed by atoms with Gasteiger partial charge in [-0.2, -0.15) is 0 Å². The van der Waals surface area contributed by atoms with Crippen LogP contribution in [0.15, 0.2) is 12.1 Å². The summed E-state index contributed by atoms with van der Waals surface area (Å²) in [4.78, 5) is 10.0. The van der Waals surface area contributed by atoms with E-state index in [1.54, 1.807) is 0 Å².